The first-order chi connectivity index (χ1) is 15.0. The van der Waals surface area contributed by atoms with Gasteiger partial charge in [0.2, 0.25) is 0 Å². The Kier molecular flexibility index (Phi) is 5.64. The lowest BCUT2D eigenvalue weighted by Gasteiger charge is -2.04. The van der Waals surface area contributed by atoms with Crippen LogP contribution >= 0.6 is 11.6 Å². The molecule has 2 aromatic heterocycles. The number of H-pyrrole nitrogens is 1. The Bertz CT molecular complexity index is 1260. The number of para-hydroxylation sites is 1. The van der Waals surface area contributed by atoms with Crippen LogP contribution in [-0.2, 0) is 0 Å². The Morgan fingerprint density at radius 1 is 1.19 bits per heavy atom. The Hall–Kier alpha value is -3.78. The number of amides is 1. The fourth-order valence-electron chi connectivity index (χ4n) is 3.25. The van der Waals surface area contributed by atoms with E-state index >= 15 is 0 Å². The summed E-state index contributed by atoms with van der Waals surface area (Å²) in [6.07, 6.45) is 1.16. The van der Waals surface area contributed by atoms with Crippen molar-refractivity contribution in [3.63, 3.8) is 0 Å². The number of aromatic amines is 1. The van der Waals surface area contributed by atoms with Crippen LogP contribution in [0.25, 0.3) is 16.9 Å². The first-order valence-electron chi connectivity index (χ1n) is 9.40. The van der Waals surface area contributed by atoms with E-state index in [0.29, 0.717) is 5.69 Å². The van der Waals surface area contributed by atoms with Gasteiger partial charge in [0.15, 0.2) is 0 Å². The largest absolute Gasteiger partial charge is 0.289 e. The van der Waals surface area contributed by atoms with Crippen LogP contribution in [-0.4, -0.2) is 32.1 Å². The van der Waals surface area contributed by atoms with Crippen LogP contribution in [0.3, 0.4) is 0 Å². The summed E-state index contributed by atoms with van der Waals surface area (Å²) in [5.74, 6) is -1.05. The highest BCUT2D eigenvalue weighted by molar-refractivity contribution is 6.33. The number of halogens is 2. The Morgan fingerprint density at radius 2 is 1.97 bits per heavy atom. The van der Waals surface area contributed by atoms with E-state index in [1.54, 1.807) is 6.07 Å². The van der Waals surface area contributed by atoms with E-state index in [2.05, 4.69) is 25.8 Å². The highest BCUT2D eigenvalue weighted by atomic mass is 35.5. The molecule has 0 unspecified atom stereocenters. The van der Waals surface area contributed by atoms with Crippen LogP contribution < -0.4 is 5.43 Å². The van der Waals surface area contributed by atoms with Crippen molar-refractivity contribution in [2.45, 2.75) is 13.8 Å². The third kappa shape index (κ3) is 4.10. The zero-order chi connectivity index (χ0) is 22.0. The second kappa shape index (κ2) is 8.53. The molecule has 0 radical (unpaired) electrons. The lowest BCUT2D eigenvalue weighted by atomic mass is 10.1. The van der Waals surface area contributed by atoms with Gasteiger partial charge in [-0.15, -0.1) is 0 Å². The maximum Gasteiger partial charge on any atom is 0.289 e. The highest BCUT2D eigenvalue weighted by Crippen LogP contribution is 2.27. The molecule has 0 saturated heterocycles. The van der Waals surface area contributed by atoms with Crippen molar-refractivity contribution in [2.75, 3.05) is 0 Å². The van der Waals surface area contributed by atoms with Crippen molar-refractivity contribution in [1.82, 2.24) is 25.4 Å². The molecular formula is C22H18ClFN6O. The minimum atomic E-state index is -0.532. The molecular weight excluding hydrogens is 419 g/mol. The number of hydrogen-bond donors (Lipinski definition) is 2. The maximum atomic E-state index is 13.8. The predicted octanol–water partition coefficient (Wildman–Crippen LogP) is 4.44. The molecule has 0 saturated carbocycles. The zero-order valence-corrected chi connectivity index (χ0v) is 17.5. The standard InChI is InChI=1S/C22H18ClFN6O/c1-13-21(14(2)30(29-13)15-7-4-3-5-8-15)19-11-20(27-26-19)22(31)28-25-12-16-17(23)9-6-10-18(16)24/h3-12H,1-2H3,(H,26,27)(H,28,31)/b25-12-. The van der Waals surface area contributed by atoms with Crippen molar-refractivity contribution in [3.05, 3.63) is 88.1 Å². The molecule has 9 heteroatoms. The van der Waals surface area contributed by atoms with Crippen molar-refractivity contribution in [2.24, 2.45) is 5.10 Å². The molecule has 2 heterocycles. The fourth-order valence-corrected chi connectivity index (χ4v) is 3.46. The van der Waals surface area contributed by atoms with Gasteiger partial charge in [-0.2, -0.15) is 15.3 Å². The topological polar surface area (TPSA) is 88.0 Å². The van der Waals surface area contributed by atoms with Crippen LogP contribution in [0, 0.1) is 19.7 Å². The summed E-state index contributed by atoms with van der Waals surface area (Å²) in [6, 6.07) is 15.7. The number of nitrogens with one attached hydrogen (secondary N) is 2. The average Bonchev–Trinajstić information content (AvgIpc) is 3.35. The lowest BCUT2D eigenvalue weighted by molar-refractivity contribution is 0.0950. The van der Waals surface area contributed by atoms with Gasteiger partial charge >= 0.3 is 0 Å². The van der Waals surface area contributed by atoms with Crippen molar-refractivity contribution < 1.29 is 9.18 Å². The van der Waals surface area contributed by atoms with Crippen LogP contribution in [0.15, 0.2) is 59.7 Å². The molecule has 1 amide bonds. The van der Waals surface area contributed by atoms with E-state index in [1.807, 2.05) is 48.9 Å². The molecule has 4 rings (SSSR count). The van der Waals surface area contributed by atoms with Crippen molar-refractivity contribution in [3.8, 4) is 16.9 Å². The molecule has 0 atom stereocenters. The molecule has 0 aliphatic rings. The van der Waals surface area contributed by atoms with Crippen LogP contribution in [0.2, 0.25) is 5.02 Å². The quantitative estimate of drug-likeness (QED) is 0.358. The van der Waals surface area contributed by atoms with Gasteiger partial charge in [0.25, 0.3) is 5.91 Å². The molecule has 0 aliphatic heterocycles. The smallest absolute Gasteiger partial charge is 0.272 e. The van der Waals surface area contributed by atoms with Gasteiger partial charge < -0.3 is 0 Å². The second-order valence-electron chi connectivity index (χ2n) is 6.79. The van der Waals surface area contributed by atoms with E-state index in [1.165, 1.54) is 18.2 Å². The van der Waals surface area contributed by atoms with Gasteiger partial charge in [-0.25, -0.2) is 14.5 Å². The summed E-state index contributed by atoms with van der Waals surface area (Å²) in [6.45, 7) is 3.83. The van der Waals surface area contributed by atoms with Crippen LogP contribution in [0.4, 0.5) is 4.39 Å². The summed E-state index contributed by atoms with van der Waals surface area (Å²) in [7, 11) is 0. The summed E-state index contributed by atoms with van der Waals surface area (Å²) < 4.78 is 15.6. The second-order valence-corrected chi connectivity index (χ2v) is 7.20. The van der Waals surface area contributed by atoms with E-state index in [9.17, 15) is 9.18 Å². The molecule has 4 aromatic rings. The first kappa shape index (κ1) is 20.5. The minimum absolute atomic E-state index is 0.0920. The van der Waals surface area contributed by atoms with Gasteiger partial charge in [-0.1, -0.05) is 35.9 Å². The fraction of sp³-hybridized carbons (Fsp3) is 0.0909. The predicted molar refractivity (Wildman–Crippen MR) is 117 cm³/mol. The van der Waals surface area contributed by atoms with E-state index in [-0.39, 0.29) is 16.3 Å². The third-order valence-electron chi connectivity index (χ3n) is 4.73. The Labute approximate surface area is 182 Å². The molecule has 2 N–H and O–H groups in total. The Balaban J connectivity index is 1.54. The summed E-state index contributed by atoms with van der Waals surface area (Å²) in [5.41, 5.74) is 6.68. The molecule has 0 spiro atoms. The molecule has 0 bridgehead atoms. The van der Waals surface area contributed by atoms with Gasteiger partial charge in [-0.05, 0) is 44.2 Å². The maximum absolute atomic E-state index is 13.8. The lowest BCUT2D eigenvalue weighted by Crippen LogP contribution is -2.18. The number of carbonyl (C=O) groups excluding carboxylic acids is 1. The normalized spacial score (nSPS) is 11.2. The van der Waals surface area contributed by atoms with Crippen molar-refractivity contribution in [1.29, 1.82) is 0 Å². The molecule has 7 nitrogen and oxygen atoms in total. The number of carbonyl (C=O) groups is 1. The highest BCUT2D eigenvalue weighted by Gasteiger charge is 2.19. The number of benzene rings is 2. The zero-order valence-electron chi connectivity index (χ0n) is 16.7. The SMILES string of the molecule is Cc1nn(-c2ccccc2)c(C)c1-c1cc(C(=O)N/N=C\c2c(F)cccc2Cl)[nH]n1. The van der Waals surface area contributed by atoms with Crippen molar-refractivity contribution >= 4 is 23.7 Å². The molecule has 156 valence electrons. The summed E-state index contributed by atoms with van der Waals surface area (Å²) >= 11 is 5.94. The monoisotopic (exact) mass is 436 g/mol. The molecule has 2 aromatic carbocycles. The number of aromatic nitrogens is 4. The number of rotatable bonds is 5. The van der Waals surface area contributed by atoms with E-state index in [0.717, 1.165) is 28.9 Å². The molecule has 0 fully saturated rings. The van der Waals surface area contributed by atoms with Crippen LogP contribution in [0.5, 0.6) is 0 Å². The summed E-state index contributed by atoms with van der Waals surface area (Å²) in [4.78, 5) is 12.4. The minimum Gasteiger partial charge on any atom is -0.272 e. The number of aryl methyl sites for hydroxylation is 1. The van der Waals surface area contributed by atoms with Gasteiger partial charge in [0.05, 0.1) is 34.0 Å². The third-order valence-corrected chi connectivity index (χ3v) is 5.06. The van der Waals surface area contributed by atoms with Gasteiger partial charge in [-0.3, -0.25) is 9.89 Å². The van der Waals surface area contributed by atoms with E-state index in [4.69, 9.17) is 11.6 Å². The number of nitrogens with zero attached hydrogens (tertiary/aromatic N) is 4. The number of hydrogen-bond acceptors (Lipinski definition) is 4. The molecule has 31 heavy (non-hydrogen) atoms. The van der Waals surface area contributed by atoms with Gasteiger partial charge in [0, 0.05) is 11.1 Å². The number of hydrazone groups is 1. The van der Waals surface area contributed by atoms with Gasteiger partial charge in [0.1, 0.15) is 11.5 Å². The van der Waals surface area contributed by atoms with Crippen LogP contribution in [0.1, 0.15) is 27.4 Å². The first-order valence-corrected chi connectivity index (χ1v) is 9.78. The average molecular weight is 437 g/mol. The summed E-state index contributed by atoms with van der Waals surface area (Å²) in [5, 5.41) is 15.6. The molecule has 0 aliphatic carbocycles. The Morgan fingerprint density at radius 3 is 2.71 bits per heavy atom. The van der Waals surface area contributed by atoms with E-state index < -0.39 is 11.7 Å².